The van der Waals surface area contributed by atoms with Crippen molar-refractivity contribution in [1.82, 2.24) is 25.3 Å². The third-order valence-electron chi connectivity index (χ3n) is 5.21. The Morgan fingerprint density at radius 3 is 2.71 bits per heavy atom. The smallest absolute Gasteiger partial charge is 0.317 e. The number of amides is 2. The van der Waals surface area contributed by atoms with Crippen LogP contribution in [-0.4, -0.2) is 57.0 Å². The molecule has 3 N–H and O–H groups in total. The molecule has 1 saturated carbocycles. The number of aromatic nitrogens is 2. The van der Waals surface area contributed by atoms with Crippen LogP contribution in [0.15, 0.2) is 42.7 Å². The van der Waals surface area contributed by atoms with Gasteiger partial charge >= 0.3 is 12.0 Å². The van der Waals surface area contributed by atoms with Gasteiger partial charge < -0.3 is 15.7 Å². The highest BCUT2D eigenvalue weighted by molar-refractivity contribution is 5.75. The Morgan fingerprint density at radius 2 is 2.07 bits per heavy atom. The lowest BCUT2D eigenvalue weighted by Crippen LogP contribution is -2.56. The molecule has 1 aliphatic rings. The first-order valence-electron chi connectivity index (χ1n) is 9.59. The van der Waals surface area contributed by atoms with E-state index in [9.17, 15) is 9.59 Å². The van der Waals surface area contributed by atoms with Gasteiger partial charge in [0.1, 0.15) is 0 Å². The number of hydrogen-bond donors (Lipinski definition) is 3. The Kier molecular flexibility index (Phi) is 6.30. The second kappa shape index (κ2) is 8.88. The number of likely N-dealkylation sites (N-methyl/N-ethyl adjacent to an activating group) is 1. The van der Waals surface area contributed by atoms with Crippen molar-refractivity contribution in [3.63, 3.8) is 0 Å². The average Bonchev–Trinajstić information content (AvgIpc) is 3.17. The SMILES string of the molecule is CCN(CC(=O)O)C1CC(NC(=O)NC(C)c2ccccc2-n2cccn2)C1. The van der Waals surface area contributed by atoms with E-state index in [1.807, 2.05) is 55.3 Å². The molecule has 3 rings (SSSR count). The van der Waals surface area contributed by atoms with E-state index in [-0.39, 0.29) is 30.7 Å². The van der Waals surface area contributed by atoms with Crippen molar-refractivity contribution >= 4 is 12.0 Å². The molecule has 2 aromatic rings. The number of carboxylic acid groups (broad SMARTS) is 1. The summed E-state index contributed by atoms with van der Waals surface area (Å²) in [6.45, 7) is 4.63. The third-order valence-corrected chi connectivity index (χ3v) is 5.21. The van der Waals surface area contributed by atoms with E-state index in [4.69, 9.17) is 5.11 Å². The summed E-state index contributed by atoms with van der Waals surface area (Å²) in [4.78, 5) is 25.2. The van der Waals surface area contributed by atoms with E-state index in [0.29, 0.717) is 6.54 Å². The van der Waals surface area contributed by atoms with Gasteiger partial charge in [-0.15, -0.1) is 0 Å². The molecular weight excluding hydrogens is 358 g/mol. The first-order valence-corrected chi connectivity index (χ1v) is 9.59. The molecule has 0 aliphatic heterocycles. The van der Waals surface area contributed by atoms with Gasteiger partial charge in [-0.3, -0.25) is 9.69 Å². The Balaban J connectivity index is 1.52. The van der Waals surface area contributed by atoms with Crippen molar-refractivity contribution in [1.29, 1.82) is 0 Å². The van der Waals surface area contributed by atoms with Crippen LogP contribution in [0, 0.1) is 0 Å². The summed E-state index contributed by atoms with van der Waals surface area (Å²) >= 11 is 0. The molecule has 2 amide bonds. The Labute approximate surface area is 164 Å². The first-order chi connectivity index (χ1) is 13.5. The zero-order valence-corrected chi connectivity index (χ0v) is 16.2. The lowest BCUT2D eigenvalue weighted by atomic mass is 9.85. The topological polar surface area (TPSA) is 99.5 Å². The molecule has 28 heavy (non-hydrogen) atoms. The van der Waals surface area contributed by atoms with Gasteiger partial charge in [0.2, 0.25) is 0 Å². The van der Waals surface area contributed by atoms with E-state index in [1.54, 1.807) is 10.9 Å². The number of rotatable bonds is 8. The predicted octanol–water partition coefficient (Wildman–Crippen LogP) is 2.17. The van der Waals surface area contributed by atoms with Crippen LogP contribution in [0.3, 0.4) is 0 Å². The van der Waals surface area contributed by atoms with Gasteiger partial charge in [-0.1, -0.05) is 25.1 Å². The molecule has 1 atom stereocenters. The summed E-state index contributed by atoms with van der Waals surface area (Å²) in [5.41, 5.74) is 1.91. The van der Waals surface area contributed by atoms with Gasteiger partial charge in [-0.05, 0) is 44.0 Å². The van der Waals surface area contributed by atoms with Gasteiger partial charge in [0.05, 0.1) is 18.3 Å². The minimum atomic E-state index is -0.819. The quantitative estimate of drug-likeness (QED) is 0.647. The van der Waals surface area contributed by atoms with Crippen LogP contribution >= 0.6 is 0 Å². The van der Waals surface area contributed by atoms with Gasteiger partial charge in [0.15, 0.2) is 0 Å². The highest BCUT2D eigenvalue weighted by Crippen LogP contribution is 2.26. The molecule has 1 aromatic carbocycles. The molecule has 8 nitrogen and oxygen atoms in total. The maximum atomic E-state index is 12.4. The van der Waals surface area contributed by atoms with E-state index in [1.165, 1.54) is 0 Å². The molecule has 1 aliphatic carbocycles. The van der Waals surface area contributed by atoms with E-state index in [2.05, 4.69) is 15.7 Å². The van der Waals surface area contributed by atoms with Gasteiger partial charge in [0.25, 0.3) is 0 Å². The lowest BCUT2D eigenvalue weighted by molar-refractivity contribution is -0.139. The number of benzene rings is 1. The Bertz CT molecular complexity index is 802. The van der Waals surface area contributed by atoms with E-state index < -0.39 is 5.97 Å². The number of nitrogens with zero attached hydrogens (tertiary/aromatic N) is 3. The van der Waals surface area contributed by atoms with Crippen molar-refractivity contribution in [2.45, 2.75) is 44.8 Å². The second-order valence-electron chi connectivity index (χ2n) is 7.13. The maximum Gasteiger partial charge on any atom is 0.317 e. The van der Waals surface area contributed by atoms with Gasteiger partial charge in [-0.25, -0.2) is 9.48 Å². The van der Waals surface area contributed by atoms with Crippen molar-refractivity contribution in [3.05, 3.63) is 48.3 Å². The summed E-state index contributed by atoms with van der Waals surface area (Å²) in [6.07, 6.45) is 5.13. The number of carbonyl (C=O) groups is 2. The Morgan fingerprint density at radius 1 is 1.32 bits per heavy atom. The number of carboxylic acids is 1. The molecule has 8 heteroatoms. The normalized spacial score (nSPS) is 19.7. The van der Waals surface area contributed by atoms with Crippen LogP contribution in [0.2, 0.25) is 0 Å². The summed E-state index contributed by atoms with van der Waals surface area (Å²) in [5.74, 6) is -0.819. The fourth-order valence-corrected chi connectivity index (χ4v) is 3.65. The third kappa shape index (κ3) is 4.69. The number of nitrogens with one attached hydrogen (secondary N) is 2. The molecule has 0 saturated heterocycles. The van der Waals surface area contributed by atoms with Crippen LogP contribution in [0.25, 0.3) is 5.69 Å². The number of aliphatic carboxylic acids is 1. The van der Waals surface area contributed by atoms with Crippen molar-refractivity contribution in [3.8, 4) is 5.69 Å². The summed E-state index contributed by atoms with van der Waals surface area (Å²) < 4.78 is 1.78. The zero-order chi connectivity index (χ0) is 20.1. The van der Waals surface area contributed by atoms with E-state index in [0.717, 1.165) is 24.1 Å². The molecule has 0 bridgehead atoms. The van der Waals surface area contributed by atoms with Crippen molar-refractivity contribution in [2.75, 3.05) is 13.1 Å². The summed E-state index contributed by atoms with van der Waals surface area (Å²) in [5, 5.41) is 19.2. The van der Waals surface area contributed by atoms with Gasteiger partial charge in [-0.2, -0.15) is 5.10 Å². The maximum absolute atomic E-state index is 12.4. The zero-order valence-electron chi connectivity index (χ0n) is 16.2. The molecular formula is C20H27N5O3. The molecule has 1 fully saturated rings. The fourth-order valence-electron chi connectivity index (χ4n) is 3.65. The number of para-hydroxylation sites is 1. The highest BCUT2D eigenvalue weighted by atomic mass is 16.4. The highest BCUT2D eigenvalue weighted by Gasteiger charge is 2.34. The summed E-state index contributed by atoms with van der Waals surface area (Å²) in [6, 6.07) is 9.57. The van der Waals surface area contributed by atoms with Crippen LogP contribution in [0.1, 0.15) is 38.3 Å². The molecule has 1 aromatic heterocycles. The monoisotopic (exact) mass is 385 g/mol. The standard InChI is InChI=1S/C20H27N5O3/c1-3-24(13-19(26)27)16-11-15(12-16)23-20(28)22-14(2)17-7-4-5-8-18(17)25-10-6-9-21-25/h4-10,14-16H,3,11-13H2,1-2H3,(H,26,27)(H2,22,23,28). The molecule has 1 unspecified atom stereocenters. The number of hydrogen-bond acceptors (Lipinski definition) is 4. The fraction of sp³-hybridized carbons (Fsp3) is 0.450. The molecule has 0 spiro atoms. The largest absolute Gasteiger partial charge is 0.480 e. The molecule has 1 heterocycles. The minimum absolute atomic E-state index is 0.0430. The molecule has 0 radical (unpaired) electrons. The van der Waals surface area contributed by atoms with Crippen LogP contribution < -0.4 is 10.6 Å². The summed E-state index contributed by atoms with van der Waals surface area (Å²) in [7, 11) is 0. The number of carbonyl (C=O) groups excluding carboxylic acids is 1. The van der Waals surface area contributed by atoms with Crippen molar-refractivity contribution in [2.24, 2.45) is 0 Å². The first kappa shape index (κ1) is 19.9. The second-order valence-corrected chi connectivity index (χ2v) is 7.13. The minimum Gasteiger partial charge on any atom is -0.480 e. The van der Waals surface area contributed by atoms with Gasteiger partial charge in [0, 0.05) is 24.5 Å². The van der Waals surface area contributed by atoms with Crippen LogP contribution in [-0.2, 0) is 4.79 Å². The average molecular weight is 385 g/mol. The van der Waals surface area contributed by atoms with E-state index >= 15 is 0 Å². The van der Waals surface area contributed by atoms with Crippen LogP contribution in [0.4, 0.5) is 4.79 Å². The number of urea groups is 1. The predicted molar refractivity (Wildman–Crippen MR) is 105 cm³/mol. The molecule has 150 valence electrons. The van der Waals surface area contributed by atoms with Crippen molar-refractivity contribution < 1.29 is 14.7 Å². The van der Waals surface area contributed by atoms with Crippen LogP contribution in [0.5, 0.6) is 0 Å². The lowest BCUT2D eigenvalue weighted by Gasteiger charge is -2.42. The Hall–Kier alpha value is -2.87.